The highest BCUT2D eigenvalue weighted by Gasteiger charge is 2.13. The lowest BCUT2D eigenvalue weighted by Gasteiger charge is -2.10. The molecule has 0 aromatic heterocycles. The Morgan fingerprint density at radius 2 is 1.86 bits per heavy atom. The molecule has 0 radical (unpaired) electrons. The molecule has 2 aromatic rings. The number of carboxylic acids is 1. The maximum absolute atomic E-state index is 12.2. The molecular weight excluding hydrogens is 294 g/mol. The highest BCUT2D eigenvalue weighted by atomic mass is 35.5. The first-order valence-electron chi connectivity index (χ1n) is 6.02. The highest BCUT2D eigenvalue weighted by molar-refractivity contribution is 6.34. The minimum atomic E-state index is -1.11. The molecule has 0 unspecified atom stereocenters. The molecule has 6 heteroatoms. The van der Waals surface area contributed by atoms with Gasteiger partial charge >= 0.3 is 5.97 Å². The van der Waals surface area contributed by atoms with Crippen LogP contribution in [0.5, 0.6) is 5.75 Å². The number of carbonyl (C=O) groups is 2. The summed E-state index contributed by atoms with van der Waals surface area (Å²) in [6.45, 7) is 1.68. The fourth-order valence-corrected chi connectivity index (χ4v) is 2.01. The zero-order valence-corrected chi connectivity index (χ0v) is 11.8. The number of hydrogen-bond donors (Lipinski definition) is 3. The Morgan fingerprint density at radius 3 is 2.48 bits per heavy atom. The van der Waals surface area contributed by atoms with E-state index in [9.17, 15) is 14.7 Å². The summed E-state index contributed by atoms with van der Waals surface area (Å²) in [6, 6.07) is 8.39. The summed E-state index contributed by atoms with van der Waals surface area (Å²) >= 11 is 5.95. The van der Waals surface area contributed by atoms with Crippen LogP contribution in [0.4, 0.5) is 5.69 Å². The van der Waals surface area contributed by atoms with E-state index < -0.39 is 11.9 Å². The number of amides is 1. The number of carboxylic acid groups (broad SMARTS) is 1. The minimum absolute atomic E-state index is 0.0251. The van der Waals surface area contributed by atoms with E-state index in [1.807, 2.05) is 0 Å². The van der Waals surface area contributed by atoms with Crippen molar-refractivity contribution in [2.75, 3.05) is 5.32 Å². The smallest absolute Gasteiger partial charge is 0.335 e. The van der Waals surface area contributed by atoms with E-state index >= 15 is 0 Å². The number of nitrogens with one attached hydrogen (secondary N) is 1. The van der Waals surface area contributed by atoms with Crippen LogP contribution >= 0.6 is 11.6 Å². The summed E-state index contributed by atoms with van der Waals surface area (Å²) in [7, 11) is 0. The number of anilines is 1. The molecule has 0 aliphatic heterocycles. The Hall–Kier alpha value is -2.53. The van der Waals surface area contributed by atoms with Crippen molar-refractivity contribution >= 4 is 29.2 Å². The van der Waals surface area contributed by atoms with Crippen molar-refractivity contribution in [1.29, 1.82) is 0 Å². The summed E-state index contributed by atoms with van der Waals surface area (Å²) in [5.41, 5.74) is 1.20. The number of aryl methyl sites for hydroxylation is 1. The number of carbonyl (C=O) groups excluding carboxylic acids is 1. The van der Waals surface area contributed by atoms with Crippen LogP contribution in [0.15, 0.2) is 36.4 Å². The fraction of sp³-hybridized carbons (Fsp3) is 0.0667. The number of phenolic OH excluding ortho intramolecular Hbond substituents is 1. The topological polar surface area (TPSA) is 86.6 Å². The minimum Gasteiger partial charge on any atom is -0.508 e. The second kappa shape index (κ2) is 5.85. The zero-order valence-electron chi connectivity index (χ0n) is 11.1. The molecule has 0 heterocycles. The summed E-state index contributed by atoms with van der Waals surface area (Å²) in [5.74, 6) is -1.48. The standard InChI is InChI=1S/C15H12ClNO4/c1-8-6-10(18)3-4-11(8)14(19)17-13-7-9(15(20)21)2-5-12(13)16/h2-7,18H,1H3,(H,17,19)(H,20,21). The molecule has 3 N–H and O–H groups in total. The van der Waals surface area contributed by atoms with E-state index in [1.165, 1.54) is 36.4 Å². The SMILES string of the molecule is Cc1cc(O)ccc1C(=O)Nc1cc(C(=O)O)ccc1Cl. The van der Waals surface area contributed by atoms with Gasteiger partial charge in [0.25, 0.3) is 5.91 Å². The normalized spacial score (nSPS) is 10.2. The van der Waals surface area contributed by atoms with Crippen LogP contribution in [0, 0.1) is 6.92 Å². The zero-order chi connectivity index (χ0) is 15.6. The van der Waals surface area contributed by atoms with E-state index in [-0.39, 0.29) is 22.0 Å². The van der Waals surface area contributed by atoms with Gasteiger partial charge in [0.2, 0.25) is 0 Å². The van der Waals surface area contributed by atoms with Crippen LogP contribution < -0.4 is 5.32 Å². The summed E-state index contributed by atoms with van der Waals surface area (Å²) < 4.78 is 0. The van der Waals surface area contributed by atoms with Gasteiger partial charge in [-0.3, -0.25) is 4.79 Å². The van der Waals surface area contributed by atoms with Crippen molar-refractivity contribution in [3.63, 3.8) is 0 Å². The molecule has 0 aliphatic carbocycles. The van der Waals surface area contributed by atoms with Crippen LogP contribution in [-0.4, -0.2) is 22.1 Å². The molecule has 21 heavy (non-hydrogen) atoms. The van der Waals surface area contributed by atoms with E-state index in [0.29, 0.717) is 11.1 Å². The second-order valence-corrected chi connectivity index (χ2v) is 4.86. The lowest BCUT2D eigenvalue weighted by molar-refractivity contribution is 0.0696. The van der Waals surface area contributed by atoms with Crippen molar-refractivity contribution in [3.05, 3.63) is 58.1 Å². The maximum Gasteiger partial charge on any atom is 0.335 e. The number of rotatable bonds is 3. The van der Waals surface area contributed by atoms with Gasteiger partial charge in [-0.1, -0.05) is 11.6 Å². The molecule has 0 aliphatic rings. The molecule has 2 aromatic carbocycles. The largest absolute Gasteiger partial charge is 0.508 e. The number of phenols is 1. The number of hydrogen-bond acceptors (Lipinski definition) is 3. The van der Waals surface area contributed by atoms with E-state index in [2.05, 4.69) is 5.32 Å². The Balaban J connectivity index is 2.31. The Labute approximate surface area is 125 Å². The first-order valence-corrected chi connectivity index (χ1v) is 6.40. The number of aromatic carboxylic acids is 1. The Bertz CT molecular complexity index is 728. The molecule has 2 rings (SSSR count). The van der Waals surface area contributed by atoms with Gasteiger partial charge in [0.1, 0.15) is 5.75 Å². The summed E-state index contributed by atoms with van der Waals surface area (Å²) in [4.78, 5) is 23.1. The van der Waals surface area contributed by atoms with Crippen molar-refractivity contribution in [2.45, 2.75) is 6.92 Å². The second-order valence-electron chi connectivity index (χ2n) is 4.45. The first kappa shape index (κ1) is 14.9. The average Bonchev–Trinajstić information content (AvgIpc) is 2.40. The average molecular weight is 306 g/mol. The fourth-order valence-electron chi connectivity index (χ4n) is 1.85. The van der Waals surface area contributed by atoms with Crippen LogP contribution in [0.3, 0.4) is 0 Å². The van der Waals surface area contributed by atoms with Crippen molar-refractivity contribution in [1.82, 2.24) is 0 Å². The Kier molecular flexibility index (Phi) is 4.14. The van der Waals surface area contributed by atoms with Gasteiger partial charge in [0.15, 0.2) is 0 Å². The van der Waals surface area contributed by atoms with Crippen LogP contribution in [0.1, 0.15) is 26.3 Å². The lowest BCUT2D eigenvalue weighted by atomic mass is 10.1. The number of aromatic hydroxyl groups is 1. The van der Waals surface area contributed by atoms with Gasteiger partial charge in [0, 0.05) is 5.56 Å². The maximum atomic E-state index is 12.2. The highest BCUT2D eigenvalue weighted by Crippen LogP contribution is 2.24. The van der Waals surface area contributed by atoms with Gasteiger partial charge < -0.3 is 15.5 Å². The molecule has 108 valence electrons. The molecule has 0 bridgehead atoms. The quantitative estimate of drug-likeness (QED) is 0.812. The predicted octanol–water partition coefficient (Wildman–Crippen LogP) is 3.30. The molecule has 5 nitrogen and oxygen atoms in total. The molecular formula is C15H12ClNO4. The van der Waals surface area contributed by atoms with Gasteiger partial charge in [-0.2, -0.15) is 0 Å². The monoisotopic (exact) mass is 305 g/mol. The summed E-state index contributed by atoms with van der Waals surface area (Å²) in [6.07, 6.45) is 0. The summed E-state index contributed by atoms with van der Waals surface area (Å²) in [5, 5.41) is 21.1. The van der Waals surface area contributed by atoms with Crippen molar-refractivity contribution < 1.29 is 19.8 Å². The third-order valence-corrected chi connectivity index (χ3v) is 3.25. The van der Waals surface area contributed by atoms with E-state index in [0.717, 1.165) is 0 Å². The van der Waals surface area contributed by atoms with Gasteiger partial charge in [-0.15, -0.1) is 0 Å². The first-order chi connectivity index (χ1) is 9.88. The van der Waals surface area contributed by atoms with Crippen molar-refractivity contribution in [2.24, 2.45) is 0 Å². The molecule has 0 atom stereocenters. The Morgan fingerprint density at radius 1 is 1.14 bits per heavy atom. The van der Waals surface area contributed by atoms with Gasteiger partial charge in [-0.05, 0) is 48.9 Å². The molecule has 1 amide bonds. The number of benzene rings is 2. The van der Waals surface area contributed by atoms with Gasteiger partial charge in [-0.25, -0.2) is 4.79 Å². The van der Waals surface area contributed by atoms with E-state index in [1.54, 1.807) is 6.92 Å². The van der Waals surface area contributed by atoms with Crippen LogP contribution in [-0.2, 0) is 0 Å². The van der Waals surface area contributed by atoms with Crippen LogP contribution in [0.25, 0.3) is 0 Å². The molecule has 0 spiro atoms. The molecule has 0 saturated carbocycles. The predicted molar refractivity (Wildman–Crippen MR) is 79.2 cm³/mol. The lowest BCUT2D eigenvalue weighted by Crippen LogP contribution is -2.14. The van der Waals surface area contributed by atoms with Crippen molar-refractivity contribution in [3.8, 4) is 5.75 Å². The third-order valence-electron chi connectivity index (χ3n) is 2.92. The molecule has 0 saturated heterocycles. The van der Waals surface area contributed by atoms with E-state index in [4.69, 9.17) is 16.7 Å². The van der Waals surface area contributed by atoms with Gasteiger partial charge in [0.05, 0.1) is 16.3 Å². The molecule has 0 fully saturated rings. The van der Waals surface area contributed by atoms with Crippen LogP contribution in [0.2, 0.25) is 5.02 Å². The number of halogens is 1. The third kappa shape index (κ3) is 3.32.